The number of carbonyl (C=O) groups excluding carboxylic acids is 1. The van der Waals surface area contributed by atoms with Crippen molar-refractivity contribution < 1.29 is 14.3 Å². The maximum atomic E-state index is 12.8. The second-order valence-corrected chi connectivity index (χ2v) is 7.02. The Hall–Kier alpha value is -2.53. The summed E-state index contributed by atoms with van der Waals surface area (Å²) >= 11 is 0. The Bertz CT molecular complexity index is 791. The molecule has 1 heterocycles. The van der Waals surface area contributed by atoms with Gasteiger partial charge in [-0.15, -0.1) is 0 Å². The average Bonchev–Trinajstić information content (AvgIpc) is 3.14. The van der Waals surface area contributed by atoms with Crippen LogP contribution in [-0.2, 0) is 17.9 Å². The molecule has 27 heavy (non-hydrogen) atoms. The minimum Gasteiger partial charge on any atom is -0.493 e. The molecule has 1 fully saturated rings. The molecule has 1 aliphatic heterocycles. The van der Waals surface area contributed by atoms with Crippen LogP contribution in [0.3, 0.4) is 0 Å². The first-order valence-corrected chi connectivity index (χ1v) is 9.39. The molecule has 1 atom stereocenters. The Kier molecular flexibility index (Phi) is 6.35. The maximum absolute atomic E-state index is 12.8. The third-order valence-electron chi connectivity index (χ3n) is 5.05. The lowest BCUT2D eigenvalue weighted by Crippen LogP contribution is -2.42. The van der Waals surface area contributed by atoms with Crippen LogP contribution in [0.1, 0.15) is 29.5 Å². The van der Waals surface area contributed by atoms with Gasteiger partial charge < -0.3 is 14.8 Å². The number of methoxy groups -OCH3 is 2. The molecular weight excluding hydrogens is 340 g/mol. The number of hydrogen-bond acceptors (Lipinski definition) is 4. The molecule has 1 amide bonds. The standard InChI is InChI=1S/C22H28N2O3/c1-16-6-4-7-18(12-16)15-24-11-5-8-19(24)22(25)23-14-17-9-10-20(26-2)21(13-17)27-3/h4,6-7,9-10,12-13,19H,5,8,11,14-15H2,1-3H3,(H,23,25). The predicted molar refractivity (Wildman–Crippen MR) is 106 cm³/mol. The van der Waals surface area contributed by atoms with Gasteiger partial charge >= 0.3 is 0 Å². The molecule has 0 aliphatic carbocycles. The Balaban J connectivity index is 1.60. The van der Waals surface area contributed by atoms with Crippen molar-refractivity contribution in [3.05, 3.63) is 59.2 Å². The van der Waals surface area contributed by atoms with Crippen LogP contribution in [0.15, 0.2) is 42.5 Å². The Morgan fingerprint density at radius 1 is 1.11 bits per heavy atom. The normalized spacial score (nSPS) is 16.9. The third kappa shape index (κ3) is 4.80. The van der Waals surface area contributed by atoms with Crippen molar-refractivity contribution in [1.29, 1.82) is 0 Å². The molecule has 0 aromatic heterocycles. The van der Waals surface area contributed by atoms with E-state index < -0.39 is 0 Å². The Morgan fingerprint density at radius 3 is 2.67 bits per heavy atom. The molecule has 1 unspecified atom stereocenters. The van der Waals surface area contributed by atoms with Crippen molar-refractivity contribution in [2.75, 3.05) is 20.8 Å². The van der Waals surface area contributed by atoms with Crippen LogP contribution in [0.4, 0.5) is 0 Å². The fraction of sp³-hybridized carbons (Fsp3) is 0.409. The highest BCUT2D eigenvalue weighted by molar-refractivity contribution is 5.82. The van der Waals surface area contributed by atoms with Gasteiger partial charge in [-0.2, -0.15) is 0 Å². The van der Waals surface area contributed by atoms with Crippen LogP contribution in [0, 0.1) is 6.92 Å². The Morgan fingerprint density at radius 2 is 1.93 bits per heavy atom. The van der Waals surface area contributed by atoms with Gasteiger partial charge in [0.15, 0.2) is 11.5 Å². The number of nitrogens with zero attached hydrogens (tertiary/aromatic N) is 1. The summed E-state index contributed by atoms with van der Waals surface area (Å²) in [6.45, 7) is 4.35. The smallest absolute Gasteiger partial charge is 0.237 e. The van der Waals surface area contributed by atoms with E-state index >= 15 is 0 Å². The van der Waals surface area contributed by atoms with Gasteiger partial charge in [0, 0.05) is 13.1 Å². The van der Waals surface area contributed by atoms with Crippen LogP contribution >= 0.6 is 0 Å². The van der Waals surface area contributed by atoms with Crippen molar-refractivity contribution in [2.24, 2.45) is 0 Å². The number of rotatable bonds is 7. The molecule has 0 radical (unpaired) electrons. The predicted octanol–water partition coefficient (Wildman–Crippen LogP) is 3.29. The van der Waals surface area contributed by atoms with E-state index in [9.17, 15) is 4.79 Å². The van der Waals surface area contributed by atoms with E-state index in [1.54, 1.807) is 14.2 Å². The SMILES string of the molecule is COc1ccc(CNC(=O)C2CCCN2Cc2cccc(C)c2)cc1OC. The minimum atomic E-state index is -0.0642. The molecule has 0 saturated carbocycles. The van der Waals surface area contributed by atoms with Crippen molar-refractivity contribution >= 4 is 5.91 Å². The lowest BCUT2D eigenvalue weighted by Gasteiger charge is -2.24. The molecule has 2 aromatic rings. The molecule has 3 rings (SSSR count). The van der Waals surface area contributed by atoms with Gasteiger partial charge in [-0.05, 0) is 49.6 Å². The summed E-state index contributed by atoms with van der Waals surface area (Å²) in [6, 6.07) is 14.1. The van der Waals surface area contributed by atoms with Crippen molar-refractivity contribution in [2.45, 2.75) is 38.9 Å². The molecule has 1 aliphatic rings. The molecule has 1 saturated heterocycles. The summed E-state index contributed by atoms with van der Waals surface area (Å²) in [7, 11) is 3.23. The number of benzene rings is 2. The van der Waals surface area contributed by atoms with E-state index in [1.165, 1.54) is 11.1 Å². The zero-order valence-corrected chi connectivity index (χ0v) is 16.3. The summed E-state index contributed by atoms with van der Waals surface area (Å²) in [6.07, 6.45) is 1.96. The first-order valence-electron chi connectivity index (χ1n) is 9.39. The first-order chi connectivity index (χ1) is 13.1. The van der Waals surface area contributed by atoms with E-state index in [1.807, 2.05) is 18.2 Å². The average molecular weight is 368 g/mol. The summed E-state index contributed by atoms with van der Waals surface area (Å²) in [5, 5.41) is 3.08. The van der Waals surface area contributed by atoms with Crippen LogP contribution in [0.25, 0.3) is 0 Å². The lowest BCUT2D eigenvalue weighted by atomic mass is 10.1. The second-order valence-electron chi connectivity index (χ2n) is 7.02. The van der Waals surface area contributed by atoms with Gasteiger partial charge in [0.1, 0.15) is 0 Å². The number of hydrogen-bond donors (Lipinski definition) is 1. The van der Waals surface area contributed by atoms with Gasteiger partial charge in [0.05, 0.1) is 20.3 Å². The van der Waals surface area contributed by atoms with Gasteiger partial charge in [-0.1, -0.05) is 35.9 Å². The molecule has 5 heteroatoms. The van der Waals surface area contributed by atoms with Crippen LogP contribution < -0.4 is 14.8 Å². The number of carbonyl (C=O) groups is 1. The molecule has 2 aromatic carbocycles. The second kappa shape index (κ2) is 8.91. The van der Waals surface area contributed by atoms with E-state index in [-0.39, 0.29) is 11.9 Å². The topological polar surface area (TPSA) is 50.8 Å². The molecule has 144 valence electrons. The van der Waals surface area contributed by atoms with E-state index in [0.717, 1.165) is 31.5 Å². The first kappa shape index (κ1) is 19.2. The van der Waals surface area contributed by atoms with Crippen molar-refractivity contribution in [3.8, 4) is 11.5 Å². The zero-order chi connectivity index (χ0) is 19.2. The molecule has 5 nitrogen and oxygen atoms in total. The molecule has 1 N–H and O–H groups in total. The fourth-order valence-electron chi connectivity index (χ4n) is 3.65. The number of aryl methyl sites for hydroxylation is 1. The van der Waals surface area contributed by atoms with Crippen LogP contribution in [-0.4, -0.2) is 37.6 Å². The highest BCUT2D eigenvalue weighted by Crippen LogP contribution is 2.27. The van der Waals surface area contributed by atoms with Gasteiger partial charge in [-0.3, -0.25) is 9.69 Å². The Labute approximate surface area is 161 Å². The van der Waals surface area contributed by atoms with E-state index in [2.05, 4.69) is 41.4 Å². The number of amides is 1. The number of likely N-dealkylation sites (tertiary alicyclic amines) is 1. The van der Waals surface area contributed by atoms with Gasteiger partial charge in [0.2, 0.25) is 5.91 Å². The fourth-order valence-corrected chi connectivity index (χ4v) is 3.65. The van der Waals surface area contributed by atoms with Gasteiger partial charge in [0.25, 0.3) is 0 Å². The third-order valence-corrected chi connectivity index (χ3v) is 5.05. The maximum Gasteiger partial charge on any atom is 0.237 e. The van der Waals surface area contributed by atoms with Gasteiger partial charge in [-0.25, -0.2) is 0 Å². The largest absolute Gasteiger partial charge is 0.493 e. The zero-order valence-electron chi connectivity index (χ0n) is 16.3. The molecular formula is C22H28N2O3. The molecule has 0 bridgehead atoms. The quantitative estimate of drug-likeness (QED) is 0.815. The van der Waals surface area contributed by atoms with E-state index in [0.29, 0.717) is 18.0 Å². The van der Waals surface area contributed by atoms with Crippen LogP contribution in [0.5, 0.6) is 11.5 Å². The number of ether oxygens (including phenoxy) is 2. The lowest BCUT2D eigenvalue weighted by molar-refractivity contribution is -0.125. The van der Waals surface area contributed by atoms with E-state index in [4.69, 9.17) is 9.47 Å². The summed E-state index contributed by atoms with van der Waals surface area (Å²) in [5.41, 5.74) is 3.50. The highest BCUT2D eigenvalue weighted by atomic mass is 16.5. The number of nitrogens with one attached hydrogen (secondary N) is 1. The molecule has 0 spiro atoms. The summed E-state index contributed by atoms with van der Waals surface area (Å²) < 4.78 is 10.6. The highest BCUT2D eigenvalue weighted by Gasteiger charge is 2.30. The summed E-state index contributed by atoms with van der Waals surface area (Å²) in [4.78, 5) is 15.0. The monoisotopic (exact) mass is 368 g/mol. The summed E-state index contributed by atoms with van der Waals surface area (Å²) in [5.74, 6) is 1.45. The van der Waals surface area contributed by atoms with Crippen molar-refractivity contribution in [3.63, 3.8) is 0 Å². The van der Waals surface area contributed by atoms with Crippen molar-refractivity contribution in [1.82, 2.24) is 10.2 Å². The van der Waals surface area contributed by atoms with Crippen LogP contribution in [0.2, 0.25) is 0 Å². The minimum absolute atomic E-state index is 0.0642.